The van der Waals surface area contributed by atoms with Gasteiger partial charge in [-0.05, 0) is 46.7 Å². The fraction of sp³-hybridized carbons (Fsp3) is 0.306. The maximum Gasteiger partial charge on any atom is 0.333 e. The zero-order chi connectivity index (χ0) is 33.0. The molecular formula is C36H36N8O4. The van der Waals surface area contributed by atoms with Crippen molar-refractivity contribution >= 4 is 17.1 Å². The maximum atomic E-state index is 14.4. The number of benzene rings is 3. The third-order valence-electron chi connectivity index (χ3n) is 9.25. The van der Waals surface area contributed by atoms with Crippen molar-refractivity contribution in [2.24, 2.45) is 0 Å². The summed E-state index contributed by atoms with van der Waals surface area (Å²) < 4.78 is 9.41. The standard InChI is InChI=1S/C36H36N8O4/c1-48-30(45)23-44-35(46)31-34(42(36(44)47)21-20-24-12-4-2-5-13-24)37-33(25-14-6-3-7-15-25)43(31)22-26-16-8-9-17-27(26)28-18-10-11-19-29(28)32-38-40-41-39-32/h2,4-5,8-13,16-19,25H,3,6-7,14-15,20-23H2,1H3,(H,38,39,40,41). The minimum absolute atomic E-state index is 0.121. The van der Waals surface area contributed by atoms with Crippen LogP contribution >= 0.6 is 0 Å². The second-order valence-corrected chi connectivity index (χ2v) is 12.1. The molecule has 3 heterocycles. The molecule has 1 saturated carbocycles. The van der Waals surface area contributed by atoms with Gasteiger partial charge in [0.25, 0.3) is 5.56 Å². The number of hydrogen-bond donors (Lipinski definition) is 1. The van der Waals surface area contributed by atoms with Crippen molar-refractivity contribution in [1.29, 1.82) is 0 Å². The van der Waals surface area contributed by atoms with Crippen molar-refractivity contribution < 1.29 is 9.53 Å². The molecule has 0 aliphatic heterocycles. The second-order valence-electron chi connectivity index (χ2n) is 12.1. The zero-order valence-electron chi connectivity index (χ0n) is 26.7. The molecule has 0 radical (unpaired) electrons. The summed E-state index contributed by atoms with van der Waals surface area (Å²) in [7, 11) is 1.24. The highest BCUT2D eigenvalue weighted by atomic mass is 16.5. The quantitative estimate of drug-likeness (QED) is 0.211. The molecule has 48 heavy (non-hydrogen) atoms. The van der Waals surface area contributed by atoms with Crippen LogP contribution in [0.2, 0.25) is 0 Å². The molecule has 0 amide bonds. The van der Waals surface area contributed by atoms with Gasteiger partial charge in [-0.25, -0.2) is 14.3 Å². The van der Waals surface area contributed by atoms with Gasteiger partial charge in [0.05, 0.1) is 13.7 Å². The third-order valence-corrected chi connectivity index (χ3v) is 9.25. The number of carbonyl (C=O) groups is 1. The summed E-state index contributed by atoms with van der Waals surface area (Å²) in [5.74, 6) is 0.706. The van der Waals surface area contributed by atoms with Gasteiger partial charge in [-0.3, -0.25) is 14.2 Å². The number of H-pyrrole nitrogens is 1. The number of aryl methyl sites for hydroxylation is 2. The van der Waals surface area contributed by atoms with E-state index in [9.17, 15) is 14.4 Å². The number of tetrazole rings is 1. The number of nitrogens with one attached hydrogen (secondary N) is 1. The molecule has 12 heteroatoms. The molecule has 7 rings (SSSR count). The van der Waals surface area contributed by atoms with Crippen LogP contribution in [0.1, 0.15) is 55.0 Å². The fourth-order valence-corrected chi connectivity index (χ4v) is 6.84. The zero-order valence-corrected chi connectivity index (χ0v) is 26.7. The number of ether oxygens (including phenoxy) is 1. The molecule has 1 aliphatic rings. The van der Waals surface area contributed by atoms with Crippen LogP contribution in [0.5, 0.6) is 0 Å². The lowest BCUT2D eigenvalue weighted by Crippen LogP contribution is -2.42. The summed E-state index contributed by atoms with van der Waals surface area (Å²) in [5.41, 5.74) is 4.18. The minimum Gasteiger partial charge on any atom is -0.468 e. The number of nitrogens with zero attached hydrogens (tertiary/aromatic N) is 7. The van der Waals surface area contributed by atoms with Crippen LogP contribution in [-0.4, -0.2) is 52.4 Å². The van der Waals surface area contributed by atoms with Crippen LogP contribution < -0.4 is 11.2 Å². The van der Waals surface area contributed by atoms with Crippen LogP contribution in [-0.2, 0) is 35.6 Å². The van der Waals surface area contributed by atoms with Gasteiger partial charge in [0, 0.05) is 18.0 Å². The molecule has 0 spiro atoms. The molecule has 3 aromatic carbocycles. The first-order valence-corrected chi connectivity index (χ1v) is 16.3. The van der Waals surface area contributed by atoms with Gasteiger partial charge < -0.3 is 9.30 Å². The molecule has 0 bridgehead atoms. The number of esters is 1. The van der Waals surface area contributed by atoms with Crippen LogP contribution in [0.3, 0.4) is 0 Å². The molecule has 0 unspecified atom stereocenters. The van der Waals surface area contributed by atoms with Crippen molar-refractivity contribution in [2.75, 3.05) is 7.11 Å². The number of methoxy groups -OCH3 is 1. The first kappa shape index (κ1) is 31.0. The van der Waals surface area contributed by atoms with Gasteiger partial charge >= 0.3 is 11.7 Å². The van der Waals surface area contributed by atoms with Gasteiger partial charge in [-0.1, -0.05) is 98.1 Å². The lowest BCUT2D eigenvalue weighted by atomic mass is 9.88. The van der Waals surface area contributed by atoms with E-state index in [0.29, 0.717) is 30.0 Å². The number of imidazole rings is 1. The first-order valence-electron chi connectivity index (χ1n) is 16.3. The largest absolute Gasteiger partial charge is 0.468 e. The van der Waals surface area contributed by atoms with Crippen molar-refractivity contribution in [3.63, 3.8) is 0 Å². The molecule has 244 valence electrons. The molecule has 12 nitrogen and oxygen atoms in total. The highest BCUT2D eigenvalue weighted by Crippen LogP contribution is 2.36. The average molecular weight is 645 g/mol. The molecule has 1 fully saturated rings. The Balaban J connectivity index is 1.43. The number of carbonyl (C=O) groups excluding carboxylic acids is 1. The van der Waals surface area contributed by atoms with E-state index in [0.717, 1.165) is 70.3 Å². The molecule has 1 N–H and O–H groups in total. The van der Waals surface area contributed by atoms with Crippen molar-refractivity contribution in [3.8, 4) is 22.5 Å². The molecule has 3 aromatic heterocycles. The van der Waals surface area contributed by atoms with Gasteiger partial charge in [-0.15, -0.1) is 10.2 Å². The maximum absolute atomic E-state index is 14.4. The normalized spacial score (nSPS) is 13.6. The summed E-state index contributed by atoms with van der Waals surface area (Å²) >= 11 is 0. The van der Waals surface area contributed by atoms with E-state index in [4.69, 9.17) is 9.72 Å². The third kappa shape index (κ3) is 5.96. The number of hydrogen-bond acceptors (Lipinski definition) is 8. The topological polar surface area (TPSA) is 143 Å². The second kappa shape index (κ2) is 13.6. The smallest absolute Gasteiger partial charge is 0.333 e. The number of aromatic nitrogens is 8. The number of aromatic amines is 1. The van der Waals surface area contributed by atoms with E-state index >= 15 is 0 Å². The molecular weight excluding hydrogens is 608 g/mol. The van der Waals surface area contributed by atoms with Crippen molar-refractivity contribution in [2.45, 2.75) is 64.1 Å². The average Bonchev–Trinajstić information content (AvgIpc) is 3.80. The van der Waals surface area contributed by atoms with E-state index in [-0.39, 0.29) is 12.5 Å². The number of rotatable bonds is 10. The van der Waals surface area contributed by atoms with Crippen LogP contribution in [0.15, 0.2) is 88.5 Å². The van der Waals surface area contributed by atoms with Gasteiger partial charge in [0.2, 0.25) is 5.82 Å². The Morgan fingerprint density at radius 3 is 2.29 bits per heavy atom. The Morgan fingerprint density at radius 2 is 1.56 bits per heavy atom. The Hall–Kier alpha value is -5.65. The molecule has 0 atom stereocenters. The molecule has 1 aliphatic carbocycles. The fourth-order valence-electron chi connectivity index (χ4n) is 6.84. The van der Waals surface area contributed by atoms with Crippen LogP contribution in [0, 0.1) is 0 Å². The highest BCUT2D eigenvalue weighted by Gasteiger charge is 2.28. The Morgan fingerprint density at radius 1 is 0.854 bits per heavy atom. The van der Waals surface area contributed by atoms with E-state index in [1.54, 1.807) is 4.57 Å². The van der Waals surface area contributed by atoms with Gasteiger partial charge in [-0.2, -0.15) is 5.21 Å². The Labute approximate surface area is 276 Å². The van der Waals surface area contributed by atoms with E-state index in [1.165, 1.54) is 7.11 Å². The minimum atomic E-state index is -0.676. The van der Waals surface area contributed by atoms with Crippen LogP contribution in [0.25, 0.3) is 33.7 Å². The van der Waals surface area contributed by atoms with E-state index < -0.39 is 23.8 Å². The van der Waals surface area contributed by atoms with Gasteiger partial charge in [0.1, 0.15) is 12.4 Å². The van der Waals surface area contributed by atoms with E-state index in [1.807, 2.05) is 83.4 Å². The molecule has 0 saturated heterocycles. The molecule has 6 aromatic rings. The lowest BCUT2D eigenvalue weighted by Gasteiger charge is -2.23. The first-order chi connectivity index (χ1) is 23.5. The van der Waals surface area contributed by atoms with Gasteiger partial charge in [0.15, 0.2) is 11.2 Å². The summed E-state index contributed by atoms with van der Waals surface area (Å²) in [5, 5.41) is 14.8. The Kier molecular flexibility index (Phi) is 8.78. The summed E-state index contributed by atoms with van der Waals surface area (Å²) in [4.78, 5) is 46.0. The van der Waals surface area contributed by atoms with Crippen LogP contribution in [0.4, 0.5) is 0 Å². The summed E-state index contributed by atoms with van der Waals surface area (Å²) in [6.45, 7) is 0.119. The lowest BCUT2D eigenvalue weighted by molar-refractivity contribution is -0.141. The summed E-state index contributed by atoms with van der Waals surface area (Å²) in [6, 6.07) is 25.8. The monoisotopic (exact) mass is 644 g/mol. The van der Waals surface area contributed by atoms with E-state index in [2.05, 4.69) is 20.6 Å². The SMILES string of the molecule is COC(=O)Cn1c(=O)c2c(nc(C3CCCCC3)n2Cc2ccccc2-c2ccccc2-c2nn[nH]n2)n(CCc2ccccc2)c1=O. The predicted octanol–water partition coefficient (Wildman–Crippen LogP) is 4.72. The summed E-state index contributed by atoms with van der Waals surface area (Å²) in [6.07, 6.45) is 5.71. The van der Waals surface area contributed by atoms with Crippen molar-refractivity contribution in [3.05, 3.63) is 117 Å². The number of fused-ring (bicyclic) bond motifs is 1. The highest BCUT2D eigenvalue weighted by molar-refractivity contribution is 5.82. The Bertz CT molecular complexity index is 2180. The van der Waals surface area contributed by atoms with Crippen molar-refractivity contribution in [1.82, 2.24) is 39.3 Å². The predicted molar refractivity (Wildman–Crippen MR) is 180 cm³/mol.